The number of aromatic nitrogens is 1. The number of nitrogens with one attached hydrogen (secondary N) is 1. The Kier molecular flexibility index (Phi) is 4.62. The van der Waals surface area contributed by atoms with Crippen LogP contribution in [0.15, 0.2) is 34.9 Å². The third-order valence-corrected chi connectivity index (χ3v) is 3.33. The molecule has 5 nitrogen and oxygen atoms in total. The second-order valence-electron chi connectivity index (χ2n) is 4.12. The highest BCUT2D eigenvalue weighted by molar-refractivity contribution is 7.84. The molecule has 0 radical (unpaired) electrons. The maximum atomic E-state index is 12.8. The number of rotatable bonds is 5. The van der Waals surface area contributed by atoms with Gasteiger partial charge in [-0.1, -0.05) is 5.16 Å². The van der Waals surface area contributed by atoms with Crippen molar-refractivity contribution in [2.24, 2.45) is 0 Å². The molecule has 1 heterocycles. The molecule has 0 aliphatic rings. The maximum absolute atomic E-state index is 12.8. The van der Waals surface area contributed by atoms with Crippen molar-refractivity contribution in [1.82, 2.24) is 10.5 Å². The van der Waals surface area contributed by atoms with Gasteiger partial charge in [-0.25, -0.2) is 4.39 Å². The third kappa shape index (κ3) is 3.74. The molecule has 0 saturated heterocycles. The lowest BCUT2D eigenvalue weighted by atomic mass is 10.1. The average molecular weight is 296 g/mol. The summed E-state index contributed by atoms with van der Waals surface area (Å²) in [6, 6.07) is 7.19. The predicted molar refractivity (Wildman–Crippen MR) is 73.2 cm³/mol. The summed E-state index contributed by atoms with van der Waals surface area (Å²) in [6.07, 6.45) is 1.56. The van der Waals surface area contributed by atoms with Gasteiger partial charge in [0.25, 0.3) is 5.91 Å². The van der Waals surface area contributed by atoms with Crippen molar-refractivity contribution in [2.75, 3.05) is 18.6 Å². The van der Waals surface area contributed by atoms with Crippen molar-refractivity contribution in [3.8, 4) is 11.3 Å². The molecule has 0 unspecified atom stereocenters. The molecule has 0 bridgehead atoms. The van der Waals surface area contributed by atoms with Gasteiger partial charge in [0.2, 0.25) is 5.76 Å². The van der Waals surface area contributed by atoms with Crippen LogP contribution in [0.4, 0.5) is 4.39 Å². The van der Waals surface area contributed by atoms with Crippen molar-refractivity contribution < 1.29 is 17.9 Å². The monoisotopic (exact) mass is 296 g/mol. The highest BCUT2D eigenvalue weighted by Gasteiger charge is 2.13. The van der Waals surface area contributed by atoms with Gasteiger partial charge < -0.3 is 9.84 Å². The van der Waals surface area contributed by atoms with Crippen molar-refractivity contribution in [1.29, 1.82) is 0 Å². The summed E-state index contributed by atoms with van der Waals surface area (Å²) in [4.78, 5) is 11.7. The summed E-state index contributed by atoms with van der Waals surface area (Å²) in [6.45, 7) is 0.300. The molecule has 1 atom stereocenters. The number of hydrogen-bond acceptors (Lipinski definition) is 4. The molecule has 1 aromatic carbocycles. The van der Waals surface area contributed by atoms with Crippen molar-refractivity contribution in [3.63, 3.8) is 0 Å². The fourth-order valence-corrected chi connectivity index (χ4v) is 1.92. The molecule has 0 spiro atoms. The summed E-state index contributed by atoms with van der Waals surface area (Å²) in [7, 11) is -0.962. The molecule has 1 N–H and O–H groups in total. The summed E-state index contributed by atoms with van der Waals surface area (Å²) in [5.41, 5.74) is 1.11. The fraction of sp³-hybridized carbons (Fsp3) is 0.231. The predicted octanol–water partition coefficient (Wildman–Crippen LogP) is 1.59. The number of carbonyl (C=O) groups is 1. The number of benzene rings is 1. The van der Waals surface area contributed by atoms with Crippen LogP contribution in [-0.2, 0) is 10.8 Å². The Balaban J connectivity index is 2.03. The van der Waals surface area contributed by atoms with Gasteiger partial charge in [0.1, 0.15) is 11.5 Å². The maximum Gasteiger partial charge on any atom is 0.289 e. The molecule has 0 aliphatic heterocycles. The van der Waals surface area contributed by atoms with Crippen LogP contribution in [0.2, 0.25) is 0 Å². The first-order valence-corrected chi connectivity index (χ1v) is 7.60. The number of hydrogen-bond donors (Lipinski definition) is 1. The lowest BCUT2D eigenvalue weighted by Crippen LogP contribution is -2.27. The first kappa shape index (κ1) is 14.4. The van der Waals surface area contributed by atoms with Crippen LogP contribution in [0.5, 0.6) is 0 Å². The molecule has 106 valence electrons. The van der Waals surface area contributed by atoms with E-state index in [2.05, 4.69) is 10.5 Å². The second-order valence-corrected chi connectivity index (χ2v) is 5.67. The van der Waals surface area contributed by atoms with Crippen LogP contribution < -0.4 is 5.32 Å². The largest absolute Gasteiger partial charge is 0.350 e. The average Bonchev–Trinajstić information content (AvgIpc) is 2.88. The van der Waals surface area contributed by atoms with E-state index in [1.54, 1.807) is 18.4 Å². The Morgan fingerprint density at radius 2 is 2.10 bits per heavy atom. The van der Waals surface area contributed by atoms with E-state index in [9.17, 15) is 13.4 Å². The molecule has 0 aliphatic carbocycles. The van der Waals surface area contributed by atoms with Crippen LogP contribution in [0.3, 0.4) is 0 Å². The van der Waals surface area contributed by atoms with Gasteiger partial charge in [0, 0.05) is 41.0 Å². The molecule has 20 heavy (non-hydrogen) atoms. The number of carbonyl (C=O) groups excluding carboxylic acids is 1. The van der Waals surface area contributed by atoms with E-state index >= 15 is 0 Å². The van der Waals surface area contributed by atoms with E-state index in [0.29, 0.717) is 23.6 Å². The first-order valence-electron chi connectivity index (χ1n) is 5.87. The molecule has 0 fully saturated rings. The Labute approximate surface area is 117 Å². The lowest BCUT2D eigenvalue weighted by Gasteiger charge is -1.99. The molecule has 1 amide bonds. The molecular weight excluding hydrogens is 283 g/mol. The molecule has 2 rings (SSSR count). The topological polar surface area (TPSA) is 72.2 Å². The Hall–Kier alpha value is -2.02. The van der Waals surface area contributed by atoms with Crippen LogP contribution >= 0.6 is 0 Å². The minimum absolute atomic E-state index is 0.0613. The van der Waals surface area contributed by atoms with E-state index in [4.69, 9.17) is 4.52 Å². The zero-order chi connectivity index (χ0) is 14.5. The molecule has 0 saturated carbocycles. The summed E-state index contributed by atoms with van der Waals surface area (Å²) in [5, 5.41) is 6.34. The molecular formula is C13H13FN2O3S. The van der Waals surface area contributed by atoms with Gasteiger partial charge in [0.15, 0.2) is 0 Å². The lowest BCUT2D eigenvalue weighted by molar-refractivity contribution is 0.0919. The number of amides is 1. The Morgan fingerprint density at radius 3 is 2.75 bits per heavy atom. The fourth-order valence-electron chi connectivity index (χ4n) is 1.53. The van der Waals surface area contributed by atoms with Crippen molar-refractivity contribution >= 4 is 16.7 Å². The Bertz CT molecular complexity index is 625. The zero-order valence-electron chi connectivity index (χ0n) is 10.8. The smallest absolute Gasteiger partial charge is 0.289 e. The van der Waals surface area contributed by atoms with Crippen molar-refractivity contribution in [3.05, 3.63) is 41.9 Å². The van der Waals surface area contributed by atoms with Gasteiger partial charge in [-0.2, -0.15) is 0 Å². The number of halogens is 1. The minimum atomic E-state index is -0.962. The van der Waals surface area contributed by atoms with E-state index in [-0.39, 0.29) is 11.6 Å². The van der Waals surface area contributed by atoms with Crippen molar-refractivity contribution in [2.45, 2.75) is 0 Å². The first-order chi connectivity index (χ1) is 9.56. The third-order valence-electron chi connectivity index (χ3n) is 2.55. The van der Waals surface area contributed by atoms with E-state index in [0.717, 1.165) is 0 Å². The van der Waals surface area contributed by atoms with E-state index in [1.807, 2.05) is 0 Å². The Morgan fingerprint density at radius 1 is 1.40 bits per heavy atom. The quantitative estimate of drug-likeness (QED) is 0.909. The molecule has 7 heteroatoms. The normalized spacial score (nSPS) is 12.1. The molecule has 2 aromatic rings. The SMILES string of the molecule is C[S@@](=O)CCNC(=O)c1cc(-c2ccc(F)cc2)no1. The molecule has 1 aromatic heterocycles. The van der Waals surface area contributed by atoms with Crippen LogP contribution in [0, 0.1) is 5.82 Å². The summed E-state index contributed by atoms with van der Waals surface area (Å²) in [5.74, 6) is -0.324. The van der Waals surface area contributed by atoms with Crippen LogP contribution in [0.25, 0.3) is 11.3 Å². The van der Waals surface area contributed by atoms with Gasteiger partial charge in [-0.15, -0.1) is 0 Å². The minimum Gasteiger partial charge on any atom is -0.350 e. The van der Waals surface area contributed by atoms with E-state index < -0.39 is 16.7 Å². The standard InChI is InChI=1S/C13H13FN2O3S/c1-20(18)7-6-15-13(17)12-8-11(16-19-12)9-2-4-10(14)5-3-9/h2-5,8H,6-7H2,1H3,(H,15,17)/t20-/m1/s1. The van der Waals surface area contributed by atoms with E-state index in [1.165, 1.54) is 18.2 Å². The second kappa shape index (κ2) is 6.42. The summed E-state index contributed by atoms with van der Waals surface area (Å²) < 4.78 is 28.6. The van der Waals surface area contributed by atoms with Gasteiger partial charge >= 0.3 is 0 Å². The van der Waals surface area contributed by atoms with Gasteiger partial charge in [-0.05, 0) is 24.3 Å². The highest BCUT2D eigenvalue weighted by Crippen LogP contribution is 2.19. The highest BCUT2D eigenvalue weighted by atomic mass is 32.2. The summed E-state index contributed by atoms with van der Waals surface area (Å²) >= 11 is 0. The van der Waals surface area contributed by atoms with Crippen LogP contribution in [-0.4, -0.2) is 33.8 Å². The van der Waals surface area contributed by atoms with Crippen LogP contribution in [0.1, 0.15) is 10.6 Å². The van der Waals surface area contributed by atoms with Gasteiger partial charge in [0.05, 0.1) is 0 Å². The van der Waals surface area contributed by atoms with Gasteiger partial charge in [-0.3, -0.25) is 9.00 Å². The zero-order valence-corrected chi connectivity index (χ0v) is 11.6. The number of nitrogens with zero attached hydrogens (tertiary/aromatic N) is 1.